The fourth-order valence-electron chi connectivity index (χ4n) is 5.36. The minimum absolute atomic E-state index is 0.00432. The van der Waals surface area contributed by atoms with Crippen molar-refractivity contribution >= 4 is 27.9 Å². The van der Waals surface area contributed by atoms with Crippen molar-refractivity contribution in [1.29, 1.82) is 0 Å². The molecule has 4 atom stereocenters. The third-order valence-corrected chi connectivity index (χ3v) is 8.74. The van der Waals surface area contributed by atoms with Gasteiger partial charge in [-0.05, 0) is 61.8 Å². The number of benzene rings is 2. The molecular formula is C28H32F3N3O7S. The number of hydrogen-bond acceptors (Lipinski definition) is 6. The van der Waals surface area contributed by atoms with Crippen molar-refractivity contribution in [2.75, 3.05) is 6.54 Å². The third-order valence-electron chi connectivity index (χ3n) is 7.26. The predicted octanol–water partition coefficient (Wildman–Crippen LogP) is 2.82. The van der Waals surface area contributed by atoms with E-state index in [2.05, 4.69) is 4.72 Å². The van der Waals surface area contributed by atoms with Gasteiger partial charge in [0, 0.05) is 49.3 Å². The Bertz CT molecular complexity index is 1390. The Morgan fingerprint density at radius 3 is 2.05 bits per heavy atom. The second-order valence-corrected chi connectivity index (χ2v) is 11.9. The van der Waals surface area contributed by atoms with Crippen LogP contribution in [0.15, 0.2) is 59.5 Å². The number of aliphatic carboxylic acids is 2. The number of nitrogens with two attached hydrogens (primary N) is 1. The smallest absolute Gasteiger partial charge is 0.328 e. The monoisotopic (exact) mass is 611 g/mol. The predicted molar refractivity (Wildman–Crippen MR) is 145 cm³/mol. The van der Waals surface area contributed by atoms with Gasteiger partial charge in [0.25, 0.3) is 0 Å². The first-order valence-corrected chi connectivity index (χ1v) is 14.7. The first-order chi connectivity index (χ1) is 19.8. The molecule has 228 valence electrons. The van der Waals surface area contributed by atoms with Crippen LogP contribution in [0.25, 0.3) is 0 Å². The number of carboxylic acids is 2. The van der Waals surface area contributed by atoms with Gasteiger partial charge in [-0.2, -0.15) is 0 Å². The highest BCUT2D eigenvalue weighted by atomic mass is 32.2. The lowest BCUT2D eigenvalue weighted by Crippen LogP contribution is -2.50. The highest BCUT2D eigenvalue weighted by Crippen LogP contribution is 2.40. The largest absolute Gasteiger partial charge is 0.478 e. The lowest BCUT2D eigenvalue weighted by atomic mass is 9.82. The molecule has 5 N–H and O–H groups in total. The highest BCUT2D eigenvalue weighted by Gasteiger charge is 2.44. The van der Waals surface area contributed by atoms with E-state index in [9.17, 15) is 36.0 Å². The zero-order valence-corrected chi connectivity index (χ0v) is 23.3. The average molecular weight is 612 g/mol. The van der Waals surface area contributed by atoms with Gasteiger partial charge in [-0.25, -0.2) is 35.9 Å². The number of hydrogen-bond donors (Lipinski definition) is 4. The second kappa shape index (κ2) is 14.4. The van der Waals surface area contributed by atoms with Crippen LogP contribution in [-0.4, -0.2) is 66.0 Å². The molecule has 2 aromatic carbocycles. The van der Waals surface area contributed by atoms with Crippen LogP contribution in [0.3, 0.4) is 0 Å². The van der Waals surface area contributed by atoms with Gasteiger partial charge in [-0.3, -0.25) is 4.79 Å². The lowest BCUT2D eigenvalue weighted by Gasteiger charge is -2.41. The Morgan fingerprint density at radius 1 is 0.952 bits per heavy atom. The Morgan fingerprint density at radius 2 is 1.50 bits per heavy atom. The first-order valence-electron chi connectivity index (χ1n) is 13.2. The van der Waals surface area contributed by atoms with Crippen molar-refractivity contribution in [3.05, 3.63) is 77.6 Å². The first kappa shape index (κ1) is 32.8. The molecule has 2 bridgehead atoms. The molecule has 0 spiro atoms. The third kappa shape index (κ3) is 8.87. The van der Waals surface area contributed by atoms with Gasteiger partial charge in [0.1, 0.15) is 5.82 Å². The molecule has 2 saturated heterocycles. The molecular weight excluding hydrogens is 579 g/mol. The zero-order valence-electron chi connectivity index (χ0n) is 22.5. The molecule has 0 saturated carbocycles. The van der Waals surface area contributed by atoms with Crippen molar-refractivity contribution < 1.29 is 46.2 Å². The maximum absolute atomic E-state index is 14.0. The summed E-state index contributed by atoms with van der Waals surface area (Å²) in [6.45, 7) is 0.00432. The second-order valence-electron chi connectivity index (χ2n) is 10.1. The SMILES string of the molecule is N[C@H](Cc1cc(F)c(F)cc1F)[C@@H]1C[C@H]2CC[C@@H](C1)N2C(=O)CCNS(=O)(=O)c1ccccc1.O=C(O)/C=C\C(=O)O. The number of carboxylic acid groups (broad SMARTS) is 2. The summed E-state index contributed by atoms with van der Waals surface area (Å²) in [4.78, 5) is 34.0. The van der Waals surface area contributed by atoms with Gasteiger partial charge in [-0.15, -0.1) is 0 Å². The minimum atomic E-state index is -3.68. The summed E-state index contributed by atoms with van der Waals surface area (Å²) in [5, 5.41) is 15.6. The van der Waals surface area contributed by atoms with Gasteiger partial charge in [-0.1, -0.05) is 18.2 Å². The van der Waals surface area contributed by atoms with Gasteiger partial charge >= 0.3 is 11.9 Å². The molecule has 0 aliphatic carbocycles. The van der Waals surface area contributed by atoms with E-state index in [1.165, 1.54) is 12.1 Å². The number of carbonyl (C=O) groups is 3. The maximum atomic E-state index is 14.0. The van der Waals surface area contributed by atoms with Gasteiger partial charge < -0.3 is 20.8 Å². The summed E-state index contributed by atoms with van der Waals surface area (Å²) < 4.78 is 67.9. The molecule has 2 aromatic rings. The summed E-state index contributed by atoms with van der Waals surface area (Å²) in [6.07, 6.45) is 4.20. The Labute approximate surface area is 241 Å². The molecule has 1 amide bonds. The Kier molecular flexibility index (Phi) is 11.3. The van der Waals surface area contributed by atoms with E-state index < -0.39 is 45.5 Å². The fraction of sp³-hybridized carbons (Fsp3) is 0.393. The number of nitrogens with one attached hydrogen (secondary N) is 1. The highest BCUT2D eigenvalue weighted by molar-refractivity contribution is 7.89. The van der Waals surface area contributed by atoms with Crippen LogP contribution in [0, 0.1) is 23.4 Å². The number of carbonyl (C=O) groups excluding carboxylic acids is 1. The van der Waals surface area contributed by atoms with Crippen LogP contribution in [0.5, 0.6) is 0 Å². The summed E-state index contributed by atoms with van der Waals surface area (Å²) in [5.74, 6) is -5.76. The van der Waals surface area contributed by atoms with Crippen molar-refractivity contribution in [2.45, 2.75) is 61.5 Å². The summed E-state index contributed by atoms with van der Waals surface area (Å²) >= 11 is 0. The Balaban J connectivity index is 0.000000531. The van der Waals surface area contributed by atoms with Crippen molar-refractivity contribution in [3.63, 3.8) is 0 Å². The zero-order chi connectivity index (χ0) is 31.0. The molecule has 0 aromatic heterocycles. The summed E-state index contributed by atoms with van der Waals surface area (Å²) in [5.41, 5.74) is 6.38. The molecule has 2 heterocycles. The lowest BCUT2D eigenvalue weighted by molar-refractivity contribution is -0.136. The van der Waals surface area contributed by atoms with Crippen LogP contribution in [0.2, 0.25) is 0 Å². The number of halogens is 3. The van der Waals surface area contributed by atoms with Gasteiger partial charge in [0.15, 0.2) is 11.6 Å². The fourth-order valence-corrected chi connectivity index (χ4v) is 6.42. The van der Waals surface area contributed by atoms with Crippen LogP contribution in [0.4, 0.5) is 13.2 Å². The minimum Gasteiger partial charge on any atom is -0.478 e. The van der Waals surface area contributed by atoms with Crippen molar-refractivity contribution in [1.82, 2.24) is 9.62 Å². The Hall–Kier alpha value is -3.75. The number of piperidine rings is 1. The number of nitrogens with zero attached hydrogens (tertiary/aromatic N) is 1. The van der Waals surface area contributed by atoms with E-state index in [-0.39, 0.29) is 53.8 Å². The number of fused-ring (bicyclic) bond motifs is 2. The molecule has 2 fully saturated rings. The normalized spacial score (nSPS) is 20.6. The molecule has 4 rings (SSSR count). The van der Waals surface area contributed by atoms with E-state index in [1.54, 1.807) is 18.2 Å². The molecule has 42 heavy (non-hydrogen) atoms. The van der Waals surface area contributed by atoms with E-state index in [0.717, 1.165) is 18.9 Å². The molecule has 14 heteroatoms. The molecule has 0 unspecified atom stereocenters. The van der Waals surface area contributed by atoms with Crippen molar-refractivity contribution in [3.8, 4) is 0 Å². The van der Waals surface area contributed by atoms with Crippen LogP contribution in [-0.2, 0) is 30.8 Å². The average Bonchev–Trinajstić information content (AvgIpc) is 3.20. The van der Waals surface area contributed by atoms with Gasteiger partial charge in [0.05, 0.1) is 4.90 Å². The molecule has 10 nitrogen and oxygen atoms in total. The molecule has 0 radical (unpaired) electrons. The molecule has 2 aliphatic heterocycles. The van der Waals surface area contributed by atoms with Crippen LogP contribution in [0.1, 0.15) is 37.7 Å². The van der Waals surface area contributed by atoms with Crippen molar-refractivity contribution in [2.24, 2.45) is 11.7 Å². The maximum Gasteiger partial charge on any atom is 0.328 e. The standard InChI is InChI=1S/C24H28F3N3O3S.C4H4O4/c25-20-14-22(27)21(26)12-15(20)13-23(28)16-10-17-6-7-18(11-16)30(17)24(31)8-9-29-34(32,33)19-4-2-1-3-5-19;5-3(6)1-2-4(7)8/h1-5,12,14,16-18,23,29H,6-11,13,28H2;1-2H,(H,5,6)(H,7,8)/b;2-1-/t16-,17-,18+,23-;/m1./s1. The summed E-state index contributed by atoms with van der Waals surface area (Å²) in [6, 6.07) is 8.89. The topological polar surface area (TPSA) is 167 Å². The van der Waals surface area contributed by atoms with E-state index in [4.69, 9.17) is 15.9 Å². The van der Waals surface area contributed by atoms with Crippen LogP contribution < -0.4 is 10.5 Å². The van der Waals surface area contributed by atoms with E-state index in [1.807, 2.05) is 4.90 Å². The van der Waals surface area contributed by atoms with E-state index in [0.29, 0.717) is 31.1 Å². The summed E-state index contributed by atoms with van der Waals surface area (Å²) in [7, 11) is -3.68. The number of sulfonamides is 1. The number of rotatable bonds is 10. The quantitative estimate of drug-likeness (QED) is 0.235. The number of amides is 1. The molecule has 2 aliphatic rings. The van der Waals surface area contributed by atoms with Crippen LogP contribution >= 0.6 is 0 Å². The van der Waals surface area contributed by atoms with E-state index >= 15 is 0 Å². The van der Waals surface area contributed by atoms with Gasteiger partial charge in [0.2, 0.25) is 15.9 Å².